The van der Waals surface area contributed by atoms with Crippen molar-refractivity contribution in [2.24, 2.45) is 0 Å². The second kappa shape index (κ2) is 7.47. The standard InChI is InChI=1S/C15H22N2O6S/c1-11(2)17-14(12-6-3-4-7-13(12)23-17)15(19)16(8-5-9-18)10-24(20,21)22/h3-4,6-7,11,14,18H,5,8-10H2,1-2H3,(H,20,21,22). The van der Waals surface area contributed by atoms with E-state index in [4.69, 9.17) is 14.5 Å². The van der Waals surface area contributed by atoms with Crippen molar-refractivity contribution in [2.45, 2.75) is 32.4 Å². The number of carbonyl (C=O) groups is 1. The van der Waals surface area contributed by atoms with E-state index >= 15 is 0 Å². The summed E-state index contributed by atoms with van der Waals surface area (Å²) in [5.74, 6) is -0.783. The molecular formula is C15H22N2O6S. The van der Waals surface area contributed by atoms with Crippen LogP contribution >= 0.6 is 0 Å². The number of rotatable bonds is 7. The molecule has 8 nitrogen and oxygen atoms in total. The number of hydrogen-bond acceptors (Lipinski definition) is 6. The number of hydrogen-bond donors (Lipinski definition) is 2. The Balaban J connectivity index is 2.34. The maximum atomic E-state index is 13.0. The Labute approximate surface area is 141 Å². The van der Waals surface area contributed by atoms with Gasteiger partial charge in [0.25, 0.3) is 10.1 Å². The summed E-state index contributed by atoms with van der Waals surface area (Å²) >= 11 is 0. The third-order valence-electron chi connectivity index (χ3n) is 3.63. The highest BCUT2D eigenvalue weighted by Crippen LogP contribution is 2.39. The molecule has 9 heteroatoms. The van der Waals surface area contributed by atoms with Gasteiger partial charge in [0.05, 0.1) is 0 Å². The monoisotopic (exact) mass is 358 g/mol. The molecule has 134 valence electrons. The lowest BCUT2D eigenvalue weighted by molar-refractivity contribution is -0.154. The molecule has 0 radical (unpaired) electrons. The van der Waals surface area contributed by atoms with Crippen molar-refractivity contribution in [2.75, 3.05) is 19.0 Å². The van der Waals surface area contributed by atoms with Crippen LogP contribution in [0.4, 0.5) is 0 Å². The largest absolute Gasteiger partial charge is 0.404 e. The molecule has 0 aliphatic carbocycles. The number of benzene rings is 1. The zero-order valence-corrected chi connectivity index (χ0v) is 14.4. The topological polar surface area (TPSA) is 107 Å². The maximum Gasteiger partial charge on any atom is 0.283 e. The molecular weight excluding hydrogens is 336 g/mol. The third kappa shape index (κ3) is 4.23. The lowest BCUT2D eigenvalue weighted by Gasteiger charge is -2.30. The minimum atomic E-state index is -4.38. The van der Waals surface area contributed by atoms with Crippen LogP contribution in [0.15, 0.2) is 24.3 Å². The van der Waals surface area contributed by atoms with E-state index in [-0.39, 0.29) is 25.6 Å². The first kappa shape index (κ1) is 18.7. The summed E-state index contributed by atoms with van der Waals surface area (Å²) in [6, 6.07) is 6.11. The molecule has 1 atom stereocenters. The number of aliphatic hydroxyl groups is 1. The van der Waals surface area contributed by atoms with Crippen LogP contribution in [0.3, 0.4) is 0 Å². The van der Waals surface area contributed by atoms with Crippen LogP contribution in [0.25, 0.3) is 0 Å². The van der Waals surface area contributed by atoms with Gasteiger partial charge in [0.1, 0.15) is 5.88 Å². The molecule has 0 fully saturated rings. The molecule has 0 bridgehead atoms. The summed E-state index contributed by atoms with van der Waals surface area (Å²) in [5.41, 5.74) is 0.639. The molecule has 24 heavy (non-hydrogen) atoms. The van der Waals surface area contributed by atoms with Crippen molar-refractivity contribution >= 4 is 16.0 Å². The minimum Gasteiger partial charge on any atom is -0.404 e. The van der Waals surface area contributed by atoms with E-state index in [2.05, 4.69) is 0 Å². The SMILES string of the molecule is CC(C)N1Oc2ccccc2C1C(=O)N(CCCO)CS(=O)(=O)O. The number of para-hydroxylation sites is 1. The van der Waals surface area contributed by atoms with E-state index in [1.54, 1.807) is 24.3 Å². The quantitative estimate of drug-likeness (QED) is 0.694. The summed E-state index contributed by atoms with van der Waals surface area (Å²) in [7, 11) is -4.38. The summed E-state index contributed by atoms with van der Waals surface area (Å²) in [4.78, 5) is 19.7. The molecule has 0 saturated carbocycles. The van der Waals surface area contributed by atoms with Gasteiger partial charge < -0.3 is 14.8 Å². The Morgan fingerprint density at radius 1 is 1.38 bits per heavy atom. The Morgan fingerprint density at radius 3 is 2.62 bits per heavy atom. The molecule has 2 N–H and O–H groups in total. The van der Waals surface area contributed by atoms with Crippen molar-refractivity contribution in [1.29, 1.82) is 0 Å². The lowest BCUT2D eigenvalue weighted by atomic mass is 10.0. The predicted octanol–water partition coefficient (Wildman–Crippen LogP) is 0.802. The molecule has 1 heterocycles. The Bertz CT molecular complexity index is 691. The van der Waals surface area contributed by atoms with Gasteiger partial charge in [-0.2, -0.15) is 8.42 Å². The molecule has 1 aromatic carbocycles. The smallest absolute Gasteiger partial charge is 0.283 e. The van der Waals surface area contributed by atoms with Gasteiger partial charge in [-0.05, 0) is 26.3 Å². The van der Waals surface area contributed by atoms with E-state index < -0.39 is 27.9 Å². The van der Waals surface area contributed by atoms with Gasteiger partial charge in [0.2, 0.25) is 5.91 Å². The normalized spacial score (nSPS) is 17.6. The van der Waals surface area contributed by atoms with Crippen molar-refractivity contribution in [3.63, 3.8) is 0 Å². The molecule has 0 aromatic heterocycles. The first-order valence-corrected chi connectivity index (χ1v) is 9.25. The van der Waals surface area contributed by atoms with Crippen LogP contribution in [0, 0.1) is 0 Å². The third-order valence-corrected chi connectivity index (χ3v) is 4.27. The number of nitrogens with zero attached hydrogens (tertiary/aromatic N) is 2. The second-order valence-electron chi connectivity index (χ2n) is 5.88. The molecule has 0 saturated heterocycles. The van der Waals surface area contributed by atoms with Gasteiger partial charge in [-0.1, -0.05) is 18.2 Å². The molecule has 1 aliphatic rings. The van der Waals surface area contributed by atoms with Crippen LogP contribution in [0.1, 0.15) is 31.9 Å². The molecule has 0 spiro atoms. The van der Waals surface area contributed by atoms with Crippen LogP contribution in [0.5, 0.6) is 5.75 Å². The first-order valence-electron chi connectivity index (χ1n) is 7.64. The van der Waals surface area contributed by atoms with Gasteiger partial charge in [-0.25, -0.2) is 0 Å². The average molecular weight is 358 g/mol. The van der Waals surface area contributed by atoms with Crippen LogP contribution in [0.2, 0.25) is 0 Å². The maximum absolute atomic E-state index is 13.0. The molecule has 2 rings (SSSR count). The van der Waals surface area contributed by atoms with Crippen molar-refractivity contribution < 1.29 is 27.7 Å². The lowest BCUT2D eigenvalue weighted by Crippen LogP contribution is -2.46. The van der Waals surface area contributed by atoms with Gasteiger partial charge in [0.15, 0.2) is 11.8 Å². The van der Waals surface area contributed by atoms with Crippen LogP contribution in [-0.4, -0.2) is 59.0 Å². The fourth-order valence-corrected chi connectivity index (χ4v) is 3.26. The molecule has 1 unspecified atom stereocenters. The van der Waals surface area contributed by atoms with Gasteiger partial charge in [0, 0.05) is 24.8 Å². The predicted molar refractivity (Wildman–Crippen MR) is 86.6 cm³/mol. The summed E-state index contributed by atoms with van der Waals surface area (Å²) in [6.07, 6.45) is 0.207. The number of fused-ring (bicyclic) bond motifs is 1. The first-order chi connectivity index (χ1) is 11.2. The summed E-state index contributed by atoms with van der Waals surface area (Å²) in [6.45, 7) is 3.53. The number of carbonyl (C=O) groups excluding carboxylic acids is 1. The fraction of sp³-hybridized carbons (Fsp3) is 0.533. The number of amides is 1. The Hall–Kier alpha value is -1.68. The van der Waals surface area contributed by atoms with E-state index in [9.17, 15) is 13.2 Å². The highest BCUT2D eigenvalue weighted by Gasteiger charge is 2.41. The highest BCUT2D eigenvalue weighted by atomic mass is 32.2. The second-order valence-corrected chi connectivity index (χ2v) is 7.30. The van der Waals surface area contributed by atoms with E-state index in [1.807, 2.05) is 13.8 Å². The molecule has 1 aliphatic heterocycles. The van der Waals surface area contributed by atoms with Crippen molar-refractivity contribution in [3.05, 3.63) is 29.8 Å². The Morgan fingerprint density at radius 2 is 2.04 bits per heavy atom. The van der Waals surface area contributed by atoms with E-state index in [0.29, 0.717) is 11.3 Å². The van der Waals surface area contributed by atoms with Gasteiger partial charge >= 0.3 is 0 Å². The minimum absolute atomic E-state index is 0.0136. The molecule has 1 amide bonds. The number of aliphatic hydroxyl groups excluding tert-OH is 1. The molecule has 1 aromatic rings. The highest BCUT2D eigenvalue weighted by molar-refractivity contribution is 7.85. The zero-order valence-electron chi connectivity index (χ0n) is 13.6. The van der Waals surface area contributed by atoms with Crippen LogP contribution < -0.4 is 4.84 Å². The summed E-state index contributed by atoms with van der Waals surface area (Å²) < 4.78 is 31.6. The zero-order chi connectivity index (χ0) is 17.9. The summed E-state index contributed by atoms with van der Waals surface area (Å²) in [5, 5.41) is 10.5. The van der Waals surface area contributed by atoms with Crippen molar-refractivity contribution in [3.8, 4) is 5.75 Å². The van der Waals surface area contributed by atoms with Gasteiger partial charge in [-0.3, -0.25) is 9.35 Å². The average Bonchev–Trinajstić information content (AvgIpc) is 2.89. The number of hydroxylamine groups is 2. The van der Waals surface area contributed by atoms with Crippen LogP contribution in [-0.2, 0) is 14.9 Å². The Kier molecular flexibility index (Phi) is 5.81. The van der Waals surface area contributed by atoms with E-state index in [1.165, 1.54) is 5.06 Å². The van der Waals surface area contributed by atoms with E-state index in [0.717, 1.165) is 4.90 Å². The fourth-order valence-electron chi connectivity index (χ4n) is 2.61. The van der Waals surface area contributed by atoms with Crippen molar-refractivity contribution in [1.82, 2.24) is 9.96 Å². The van der Waals surface area contributed by atoms with Gasteiger partial charge in [-0.15, -0.1) is 5.06 Å².